The zero-order chi connectivity index (χ0) is 32.4. The number of aliphatic carboxylic acids is 6. The van der Waals surface area contributed by atoms with Gasteiger partial charge in [0.15, 0.2) is 0 Å². The van der Waals surface area contributed by atoms with Crippen molar-refractivity contribution in [3.8, 4) is 0 Å². The van der Waals surface area contributed by atoms with E-state index in [0.29, 0.717) is 0 Å². The zero-order valence-electron chi connectivity index (χ0n) is 22.6. The lowest BCUT2D eigenvalue weighted by atomic mass is 9.92. The van der Waals surface area contributed by atoms with Crippen molar-refractivity contribution in [2.24, 2.45) is 11.5 Å². The first-order valence-corrected chi connectivity index (χ1v) is 10.6. The van der Waals surface area contributed by atoms with Crippen molar-refractivity contribution in [2.45, 2.75) is 85.4 Å². The lowest BCUT2D eigenvalue weighted by Gasteiger charge is -2.24. The summed E-state index contributed by atoms with van der Waals surface area (Å²) in [6.45, 7) is 5.77. The fraction of sp³-hybridized carbons (Fsp3) is 0.714. The molecule has 2 atom stereocenters. The SMILES string of the molecule is CC(=O)O.CC(=O)O.CC(=O)O.CC(=O)O.CC(=O)O.CC(=O)O.N[C@@H]1CCCC[C@H]1N.OCC(O)CO. The second-order valence-corrected chi connectivity index (χ2v) is 6.75. The van der Waals surface area contributed by atoms with E-state index in [9.17, 15) is 0 Å². The average molecular weight is 567 g/mol. The molecule has 38 heavy (non-hydrogen) atoms. The van der Waals surface area contributed by atoms with Crippen LogP contribution in [0.4, 0.5) is 0 Å². The van der Waals surface area contributed by atoms with Crippen LogP contribution in [0.25, 0.3) is 0 Å². The standard InChI is InChI=1S/C6H14N2.C3H8O3.6C2H4O2/c7-5-3-1-2-4-6(5)8;4-1-3(6)2-5;6*1-2(3)4/h5-6H,1-4,7-8H2;3-6H,1-2H2;6*1H3,(H,3,4)/t5-,6-;;;;;;;/m1......./s1. The Morgan fingerprint density at radius 1 is 0.553 bits per heavy atom. The van der Waals surface area contributed by atoms with Crippen LogP contribution in [-0.2, 0) is 28.8 Å². The van der Waals surface area contributed by atoms with Crippen LogP contribution in [0.5, 0.6) is 0 Å². The topological polar surface area (TPSA) is 337 Å². The van der Waals surface area contributed by atoms with Gasteiger partial charge in [-0.1, -0.05) is 12.8 Å². The monoisotopic (exact) mass is 566 g/mol. The van der Waals surface area contributed by atoms with Gasteiger partial charge < -0.3 is 57.4 Å². The predicted octanol–water partition coefficient (Wildman–Crippen LogP) is -0.908. The Balaban J connectivity index is -0.0000000590. The molecule has 0 spiro atoms. The van der Waals surface area contributed by atoms with Crippen LogP contribution in [0.15, 0.2) is 0 Å². The number of carboxylic acid groups (broad SMARTS) is 6. The van der Waals surface area contributed by atoms with Gasteiger partial charge in [0, 0.05) is 53.6 Å². The van der Waals surface area contributed by atoms with E-state index < -0.39 is 41.9 Å². The minimum atomic E-state index is -0.954. The molecule has 0 aliphatic heterocycles. The molecule has 0 aromatic heterocycles. The lowest BCUT2D eigenvalue weighted by Crippen LogP contribution is -2.43. The summed E-state index contributed by atoms with van der Waals surface area (Å²) in [5.41, 5.74) is 11.3. The van der Waals surface area contributed by atoms with E-state index in [1.807, 2.05) is 0 Å². The molecule has 1 saturated carbocycles. The second kappa shape index (κ2) is 40.8. The summed E-state index contributed by atoms with van der Waals surface area (Å²) in [7, 11) is 0. The van der Waals surface area contributed by atoms with Gasteiger partial charge in [-0.05, 0) is 12.8 Å². The highest BCUT2D eigenvalue weighted by atomic mass is 16.4. The maximum absolute atomic E-state index is 9.00. The summed E-state index contributed by atoms with van der Waals surface area (Å²) in [6, 6.07) is 0.562. The molecule has 1 fully saturated rings. The number of hydrogen-bond donors (Lipinski definition) is 11. The lowest BCUT2D eigenvalue weighted by molar-refractivity contribution is -0.135. The molecule has 0 heterocycles. The molecule has 230 valence electrons. The fourth-order valence-corrected chi connectivity index (χ4v) is 1.25. The molecule has 1 rings (SSSR count). The van der Waals surface area contributed by atoms with Gasteiger partial charge in [0.1, 0.15) is 6.10 Å². The Morgan fingerprint density at radius 3 is 0.737 bits per heavy atom. The predicted molar refractivity (Wildman–Crippen MR) is 134 cm³/mol. The number of aliphatic hydroxyl groups excluding tert-OH is 3. The maximum Gasteiger partial charge on any atom is 0.300 e. The zero-order valence-corrected chi connectivity index (χ0v) is 22.6. The van der Waals surface area contributed by atoms with E-state index in [1.165, 1.54) is 12.8 Å². The number of hydrogen-bond acceptors (Lipinski definition) is 11. The molecule has 17 heteroatoms. The van der Waals surface area contributed by atoms with E-state index in [-0.39, 0.29) is 25.3 Å². The van der Waals surface area contributed by atoms with Gasteiger partial charge in [0.05, 0.1) is 13.2 Å². The molecule has 0 radical (unpaired) electrons. The van der Waals surface area contributed by atoms with E-state index >= 15 is 0 Å². The highest BCUT2D eigenvalue weighted by Crippen LogP contribution is 2.14. The van der Waals surface area contributed by atoms with Gasteiger partial charge in [0.25, 0.3) is 35.8 Å². The maximum atomic E-state index is 9.00. The number of rotatable bonds is 2. The van der Waals surface area contributed by atoms with Crippen LogP contribution in [0.3, 0.4) is 0 Å². The summed E-state index contributed by atoms with van der Waals surface area (Å²) in [5, 5.41) is 68.5. The molecule has 0 aromatic rings. The van der Waals surface area contributed by atoms with Gasteiger partial charge >= 0.3 is 0 Å². The van der Waals surface area contributed by atoms with Crippen molar-refractivity contribution in [3.63, 3.8) is 0 Å². The molecule has 17 nitrogen and oxygen atoms in total. The van der Waals surface area contributed by atoms with Crippen LogP contribution in [-0.4, -0.2) is 113 Å². The Labute approximate surface area is 221 Å². The molecule has 1 aliphatic carbocycles. The van der Waals surface area contributed by atoms with Crippen LogP contribution in [0.1, 0.15) is 67.2 Å². The highest BCUT2D eigenvalue weighted by Gasteiger charge is 2.16. The summed E-state index contributed by atoms with van der Waals surface area (Å²) < 4.78 is 0. The summed E-state index contributed by atoms with van der Waals surface area (Å²) >= 11 is 0. The van der Waals surface area contributed by atoms with Crippen LogP contribution in [0, 0.1) is 0 Å². The van der Waals surface area contributed by atoms with Crippen molar-refractivity contribution in [3.05, 3.63) is 0 Å². The van der Waals surface area contributed by atoms with Crippen molar-refractivity contribution >= 4 is 35.8 Å². The minimum Gasteiger partial charge on any atom is -0.481 e. The summed E-state index contributed by atoms with van der Waals surface area (Å²) in [4.78, 5) is 54.0. The van der Waals surface area contributed by atoms with Crippen molar-refractivity contribution in [2.75, 3.05) is 13.2 Å². The summed E-state index contributed by atoms with van der Waals surface area (Å²) in [6.07, 6.45) is 3.84. The summed E-state index contributed by atoms with van der Waals surface area (Å²) in [5.74, 6) is -5.00. The van der Waals surface area contributed by atoms with Gasteiger partial charge in [-0.3, -0.25) is 28.8 Å². The first kappa shape index (κ1) is 51.3. The van der Waals surface area contributed by atoms with E-state index in [2.05, 4.69) is 0 Å². The third-order valence-electron chi connectivity index (χ3n) is 2.30. The van der Waals surface area contributed by atoms with Crippen LogP contribution >= 0.6 is 0 Å². The molecular weight excluding hydrogens is 520 g/mol. The van der Waals surface area contributed by atoms with Crippen molar-refractivity contribution in [1.29, 1.82) is 0 Å². The Hall–Kier alpha value is -3.38. The Morgan fingerprint density at radius 2 is 0.684 bits per heavy atom. The number of nitrogens with two attached hydrogens (primary N) is 2. The first-order chi connectivity index (χ1) is 17.0. The first-order valence-electron chi connectivity index (χ1n) is 10.6. The number of carbonyl (C=O) groups is 6. The molecule has 0 aromatic carbocycles. The van der Waals surface area contributed by atoms with E-state index in [0.717, 1.165) is 54.4 Å². The molecule has 0 unspecified atom stereocenters. The Kier molecular flexibility index (Phi) is 55.0. The van der Waals surface area contributed by atoms with Gasteiger partial charge in [-0.15, -0.1) is 0 Å². The number of carboxylic acids is 6. The van der Waals surface area contributed by atoms with E-state index in [1.54, 1.807) is 0 Å². The van der Waals surface area contributed by atoms with Crippen molar-refractivity contribution in [1.82, 2.24) is 0 Å². The third kappa shape index (κ3) is 242. The van der Waals surface area contributed by atoms with Gasteiger partial charge in [-0.25, -0.2) is 0 Å². The second-order valence-electron chi connectivity index (χ2n) is 6.75. The third-order valence-corrected chi connectivity index (χ3v) is 2.30. The Bertz CT molecular complexity index is 470. The van der Waals surface area contributed by atoms with Crippen LogP contribution < -0.4 is 11.5 Å². The molecule has 13 N–H and O–H groups in total. The molecule has 0 amide bonds. The minimum absolute atomic E-state index is 0.281. The normalized spacial score (nSPS) is 13.9. The van der Waals surface area contributed by atoms with Gasteiger partial charge in [0.2, 0.25) is 0 Å². The quantitative estimate of drug-likeness (QED) is 0.192. The molecule has 0 saturated heterocycles. The van der Waals surface area contributed by atoms with Gasteiger partial charge in [-0.2, -0.15) is 0 Å². The molecule has 1 aliphatic rings. The molecular formula is C21H46N2O15. The largest absolute Gasteiger partial charge is 0.481 e. The highest BCUT2D eigenvalue weighted by molar-refractivity contribution is 5.64. The fourth-order valence-electron chi connectivity index (χ4n) is 1.25. The van der Waals surface area contributed by atoms with Crippen molar-refractivity contribution < 1.29 is 74.7 Å². The van der Waals surface area contributed by atoms with E-state index in [4.69, 9.17) is 86.2 Å². The smallest absolute Gasteiger partial charge is 0.300 e. The van der Waals surface area contributed by atoms with Crippen LogP contribution in [0.2, 0.25) is 0 Å². The number of aliphatic hydroxyl groups is 3. The molecule has 0 bridgehead atoms. The average Bonchev–Trinajstić information content (AvgIpc) is 2.67.